The molecule has 3 heterocycles. The number of furan rings is 1. The van der Waals surface area contributed by atoms with E-state index < -0.39 is 0 Å². The number of benzene rings is 9. The van der Waals surface area contributed by atoms with E-state index in [2.05, 4.69) is 188 Å². The molecule has 3 nitrogen and oxygen atoms in total. The van der Waals surface area contributed by atoms with Crippen LogP contribution in [0.15, 0.2) is 223 Å². The molecule has 9 aromatic carbocycles. The highest BCUT2D eigenvalue weighted by molar-refractivity contribution is 7.25. The molecule has 0 amide bonds. The summed E-state index contributed by atoms with van der Waals surface area (Å²) in [5.41, 5.74) is 15.4. The van der Waals surface area contributed by atoms with Crippen molar-refractivity contribution >= 4 is 53.4 Å². The monoisotopic (exact) mass is 808 g/mol. The lowest BCUT2D eigenvalue weighted by Gasteiger charge is -2.14. The van der Waals surface area contributed by atoms with E-state index >= 15 is 0 Å². The summed E-state index contributed by atoms with van der Waals surface area (Å²) in [7, 11) is 0. The maximum Gasteiger partial charge on any atom is 0.160 e. The molecule has 0 radical (unpaired) electrons. The standard InChI is InChI=1S/C58H36N2OS/c1-3-13-37(14-4-1)38-25-27-39(28-26-38)44-32-45(47-21-12-22-50-48-19-7-9-23-54(48)61-57(47)50)34-46(33-44)53-36-52(59-58(60-53)40-15-5-2-6-16-40)43-18-11-17-41(31-43)42-29-30-56-51(35-42)49-20-8-10-24-55(49)62-56/h1-36H. The average Bonchev–Trinajstić information content (AvgIpc) is 3.93. The molecule has 4 heteroatoms. The van der Waals surface area contributed by atoms with Gasteiger partial charge in [0.1, 0.15) is 11.2 Å². The fourth-order valence-electron chi connectivity index (χ4n) is 8.78. The van der Waals surface area contributed by atoms with E-state index in [1.165, 1.54) is 36.9 Å². The van der Waals surface area contributed by atoms with E-state index in [1.54, 1.807) is 0 Å². The minimum Gasteiger partial charge on any atom is -0.455 e. The van der Waals surface area contributed by atoms with Gasteiger partial charge in [0.2, 0.25) is 0 Å². The van der Waals surface area contributed by atoms with Crippen molar-refractivity contribution in [1.29, 1.82) is 0 Å². The van der Waals surface area contributed by atoms with Crippen molar-refractivity contribution in [2.75, 3.05) is 0 Å². The Balaban J connectivity index is 1.03. The Labute approximate surface area is 362 Å². The van der Waals surface area contributed by atoms with Crippen molar-refractivity contribution in [3.63, 3.8) is 0 Å². The normalized spacial score (nSPS) is 11.5. The second kappa shape index (κ2) is 15.0. The van der Waals surface area contributed by atoms with E-state index in [0.29, 0.717) is 5.82 Å². The Kier molecular flexibility index (Phi) is 8.68. The van der Waals surface area contributed by atoms with Crippen LogP contribution in [0.4, 0.5) is 0 Å². The molecule has 0 aliphatic rings. The molecule has 0 spiro atoms. The number of thiophene rings is 1. The minimum absolute atomic E-state index is 0.674. The number of para-hydroxylation sites is 2. The highest BCUT2D eigenvalue weighted by Crippen LogP contribution is 2.41. The van der Waals surface area contributed by atoms with Gasteiger partial charge in [-0.3, -0.25) is 0 Å². The van der Waals surface area contributed by atoms with Gasteiger partial charge in [-0.1, -0.05) is 164 Å². The Hall–Kier alpha value is -7.92. The van der Waals surface area contributed by atoms with Crippen LogP contribution in [-0.2, 0) is 0 Å². The Morgan fingerprint density at radius 3 is 1.66 bits per heavy atom. The molecule has 0 saturated heterocycles. The van der Waals surface area contributed by atoms with Gasteiger partial charge in [-0.15, -0.1) is 11.3 Å². The second-order valence-corrected chi connectivity index (χ2v) is 16.8. The summed E-state index contributed by atoms with van der Waals surface area (Å²) in [6, 6.07) is 77.5. The van der Waals surface area contributed by atoms with E-state index in [-0.39, 0.29) is 0 Å². The largest absolute Gasteiger partial charge is 0.455 e. The summed E-state index contributed by atoms with van der Waals surface area (Å²) < 4.78 is 9.21. The molecule has 12 aromatic rings. The zero-order valence-corrected chi connectivity index (χ0v) is 34.3. The van der Waals surface area contributed by atoms with Gasteiger partial charge in [0.25, 0.3) is 0 Å². The lowest BCUT2D eigenvalue weighted by atomic mass is 9.93. The first-order valence-corrected chi connectivity index (χ1v) is 21.7. The third-order valence-corrected chi connectivity index (χ3v) is 13.0. The zero-order chi connectivity index (χ0) is 41.0. The Morgan fingerprint density at radius 1 is 0.306 bits per heavy atom. The molecule has 0 aliphatic carbocycles. The van der Waals surface area contributed by atoms with E-state index in [1.807, 2.05) is 41.7 Å². The van der Waals surface area contributed by atoms with Crippen molar-refractivity contribution in [1.82, 2.24) is 9.97 Å². The Bertz CT molecular complexity index is 3620. The quantitative estimate of drug-likeness (QED) is 0.161. The molecule has 0 aliphatic heterocycles. The van der Waals surface area contributed by atoms with E-state index in [4.69, 9.17) is 14.4 Å². The van der Waals surface area contributed by atoms with E-state index in [9.17, 15) is 0 Å². The number of fused-ring (bicyclic) bond motifs is 6. The van der Waals surface area contributed by atoms with Crippen molar-refractivity contribution in [3.8, 4) is 78.4 Å². The number of aromatic nitrogens is 2. The molecule has 62 heavy (non-hydrogen) atoms. The second-order valence-electron chi connectivity index (χ2n) is 15.7. The predicted octanol–water partition coefficient (Wildman–Crippen LogP) is 16.4. The van der Waals surface area contributed by atoms with Crippen LogP contribution in [0.2, 0.25) is 0 Å². The smallest absolute Gasteiger partial charge is 0.160 e. The van der Waals surface area contributed by atoms with Gasteiger partial charge >= 0.3 is 0 Å². The first-order chi connectivity index (χ1) is 30.7. The van der Waals surface area contributed by atoms with Gasteiger partial charge in [0.05, 0.1) is 11.4 Å². The van der Waals surface area contributed by atoms with E-state index in [0.717, 1.165) is 77.8 Å². The van der Waals surface area contributed by atoms with Crippen LogP contribution < -0.4 is 0 Å². The summed E-state index contributed by atoms with van der Waals surface area (Å²) in [5, 5.41) is 4.78. The SMILES string of the molecule is c1ccc(-c2ccc(-c3cc(-c4cc(-c5cccc(-c6ccc7sc8ccccc8c7c6)c5)nc(-c5ccccc5)n4)cc(-c4cccc5c4oc4ccccc45)c3)cc2)cc1. The highest BCUT2D eigenvalue weighted by atomic mass is 32.1. The summed E-state index contributed by atoms with van der Waals surface area (Å²) in [5.74, 6) is 0.674. The van der Waals surface area contributed by atoms with Crippen LogP contribution >= 0.6 is 11.3 Å². The lowest BCUT2D eigenvalue weighted by molar-refractivity contribution is 0.670. The van der Waals surface area contributed by atoms with Gasteiger partial charge < -0.3 is 4.42 Å². The predicted molar refractivity (Wildman–Crippen MR) is 260 cm³/mol. The maximum atomic E-state index is 6.61. The maximum absolute atomic E-state index is 6.61. The molecule has 3 aromatic heterocycles. The minimum atomic E-state index is 0.674. The topological polar surface area (TPSA) is 38.9 Å². The van der Waals surface area contributed by atoms with Crippen LogP contribution in [0.3, 0.4) is 0 Å². The molecule has 0 fully saturated rings. The van der Waals surface area contributed by atoms with Crippen LogP contribution in [0, 0.1) is 0 Å². The van der Waals surface area contributed by atoms with Gasteiger partial charge in [-0.2, -0.15) is 0 Å². The van der Waals surface area contributed by atoms with Crippen LogP contribution in [0.1, 0.15) is 0 Å². The third-order valence-electron chi connectivity index (χ3n) is 11.9. The zero-order valence-electron chi connectivity index (χ0n) is 33.5. The molecule has 0 atom stereocenters. The molecular weight excluding hydrogens is 773 g/mol. The number of rotatable bonds is 7. The summed E-state index contributed by atoms with van der Waals surface area (Å²) in [6.07, 6.45) is 0. The molecular formula is C58H36N2OS. The Morgan fingerprint density at radius 2 is 0.839 bits per heavy atom. The lowest BCUT2D eigenvalue weighted by Crippen LogP contribution is -1.97. The first kappa shape index (κ1) is 36.0. The summed E-state index contributed by atoms with van der Waals surface area (Å²) >= 11 is 1.84. The molecule has 0 unspecified atom stereocenters. The first-order valence-electron chi connectivity index (χ1n) is 20.9. The fourth-order valence-corrected chi connectivity index (χ4v) is 9.87. The highest BCUT2D eigenvalue weighted by Gasteiger charge is 2.18. The van der Waals surface area contributed by atoms with Crippen LogP contribution in [-0.4, -0.2) is 9.97 Å². The molecule has 12 rings (SSSR count). The van der Waals surface area contributed by atoms with Crippen molar-refractivity contribution in [2.45, 2.75) is 0 Å². The van der Waals surface area contributed by atoms with Gasteiger partial charge in [0, 0.05) is 53.2 Å². The average molecular weight is 809 g/mol. The molecule has 0 N–H and O–H groups in total. The van der Waals surface area contributed by atoms with Crippen LogP contribution in [0.25, 0.3) is 121 Å². The number of hydrogen-bond acceptors (Lipinski definition) is 4. The molecule has 290 valence electrons. The fraction of sp³-hybridized carbons (Fsp3) is 0. The number of hydrogen-bond donors (Lipinski definition) is 0. The summed E-state index contributed by atoms with van der Waals surface area (Å²) in [6.45, 7) is 0. The van der Waals surface area contributed by atoms with Gasteiger partial charge in [-0.25, -0.2) is 9.97 Å². The summed E-state index contributed by atoms with van der Waals surface area (Å²) in [4.78, 5) is 10.6. The van der Waals surface area contributed by atoms with Crippen molar-refractivity contribution in [3.05, 3.63) is 218 Å². The third kappa shape index (κ3) is 6.46. The van der Waals surface area contributed by atoms with Crippen LogP contribution in [0.5, 0.6) is 0 Å². The molecule has 0 bridgehead atoms. The van der Waals surface area contributed by atoms with Crippen molar-refractivity contribution in [2.24, 2.45) is 0 Å². The van der Waals surface area contributed by atoms with Crippen molar-refractivity contribution < 1.29 is 4.42 Å². The van der Waals surface area contributed by atoms with Gasteiger partial charge in [0.15, 0.2) is 5.82 Å². The van der Waals surface area contributed by atoms with Gasteiger partial charge in [-0.05, 0) is 93.5 Å². The number of nitrogens with zero attached hydrogens (tertiary/aromatic N) is 2. The molecule has 0 saturated carbocycles.